The molecule has 1 aliphatic heterocycles. The number of fused-ring (bicyclic) bond motifs is 1. The van der Waals surface area contributed by atoms with Gasteiger partial charge in [-0.3, -0.25) is 9.59 Å². The molecule has 0 bridgehead atoms. The molecule has 1 atom stereocenters. The van der Waals surface area contributed by atoms with E-state index in [0.29, 0.717) is 29.6 Å². The average Bonchev–Trinajstić information content (AvgIpc) is 3.52. The van der Waals surface area contributed by atoms with Crippen molar-refractivity contribution in [1.82, 2.24) is 19.7 Å². The lowest BCUT2D eigenvalue weighted by molar-refractivity contribution is -0.121. The molecule has 31 heavy (non-hydrogen) atoms. The minimum Gasteiger partial charge on any atom is -0.336 e. The van der Waals surface area contributed by atoms with E-state index in [1.165, 1.54) is 17.4 Å². The lowest BCUT2D eigenvalue weighted by Crippen LogP contribution is -2.44. The number of halogens is 1. The molecule has 1 aromatic carbocycles. The summed E-state index contributed by atoms with van der Waals surface area (Å²) in [4.78, 5) is 31.8. The average molecular weight is 440 g/mol. The minimum atomic E-state index is -0.365. The third-order valence-electron chi connectivity index (χ3n) is 5.96. The van der Waals surface area contributed by atoms with Gasteiger partial charge in [0.05, 0.1) is 5.92 Å². The summed E-state index contributed by atoms with van der Waals surface area (Å²) in [6, 6.07) is 6.48. The van der Waals surface area contributed by atoms with Crippen LogP contribution in [-0.2, 0) is 17.6 Å². The van der Waals surface area contributed by atoms with E-state index in [0.717, 1.165) is 43.4 Å². The molecule has 1 fully saturated rings. The number of likely N-dealkylation sites (tertiary alicyclic amines) is 1. The van der Waals surface area contributed by atoms with E-state index in [1.807, 2.05) is 0 Å². The molecule has 0 saturated carbocycles. The minimum absolute atomic E-state index is 0.116. The Morgan fingerprint density at radius 3 is 2.87 bits per heavy atom. The van der Waals surface area contributed by atoms with Crippen LogP contribution in [0.3, 0.4) is 0 Å². The summed E-state index contributed by atoms with van der Waals surface area (Å²) in [6.07, 6.45) is 5.56. The monoisotopic (exact) mass is 439 g/mol. The van der Waals surface area contributed by atoms with Gasteiger partial charge in [-0.15, -0.1) is 11.3 Å². The zero-order valence-corrected chi connectivity index (χ0v) is 17.7. The number of rotatable bonds is 4. The van der Waals surface area contributed by atoms with Gasteiger partial charge in [-0.05, 0) is 44.2 Å². The first-order valence-corrected chi connectivity index (χ1v) is 11.3. The Morgan fingerprint density at radius 1 is 1.19 bits per heavy atom. The SMILES string of the molecule is O=C(Nc1nccs1)C1CCCN(C(=O)c2nn(-c3ccccc3F)c3c2CCC3)C1. The van der Waals surface area contributed by atoms with Gasteiger partial charge in [-0.1, -0.05) is 12.1 Å². The number of hydrogen-bond donors (Lipinski definition) is 1. The van der Waals surface area contributed by atoms with Crippen LogP contribution in [0.15, 0.2) is 35.8 Å². The highest BCUT2D eigenvalue weighted by molar-refractivity contribution is 7.13. The van der Waals surface area contributed by atoms with Crippen molar-refractivity contribution in [2.75, 3.05) is 18.4 Å². The van der Waals surface area contributed by atoms with Gasteiger partial charge in [0, 0.05) is 35.9 Å². The second kappa shape index (κ2) is 8.22. The van der Waals surface area contributed by atoms with E-state index in [4.69, 9.17) is 0 Å². The Bertz CT molecular complexity index is 1130. The summed E-state index contributed by atoms with van der Waals surface area (Å²) in [5.74, 6) is -0.951. The normalized spacial score (nSPS) is 18.1. The molecular weight excluding hydrogens is 417 g/mol. The third-order valence-corrected chi connectivity index (χ3v) is 6.64. The van der Waals surface area contributed by atoms with Crippen molar-refractivity contribution in [2.45, 2.75) is 32.1 Å². The number of para-hydroxylation sites is 1. The Balaban J connectivity index is 1.38. The van der Waals surface area contributed by atoms with Gasteiger partial charge in [-0.2, -0.15) is 5.10 Å². The maximum Gasteiger partial charge on any atom is 0.274 e. The van der Waals surface area contributed by atoms with Gasteiger partial charge < -0.3 is 10.2 Å². The number of anilines is 1. The van der Waals surface area contributed by atoms with Gasteiger partial charge in [0.2, 0.25) is 5.91 Å². The van der Waals surface area contributed by atoms with Crippen molar-refractivity contribution in [3.8, 4) is 5.69 Å². The van der Waals surface area contributed by atoms with Crippen LogP contribution in [0.2, 0.25) is 0 Å². The molecular formula is C22H22FN5O2S. The van der Waals surface area contributed by atoms with E-state index in [2.05, 4.69) is 15.4 Å². The zero-order chi connectivity index (χ0) is 21.4. The summed E-state index contributed by atoms with van der Waals surface area (Å²) in [5.41, 5.74) is 2.56. The molecule has 9 heteroatoms. The van der Waals surface area contributed by atoms with Crippen molar-refractivity contribution in [1.29, 1.82) is 0 Å². The summed E-state index contributed by atoms with van der Waals surface area (Å²) in [7, 11) is 0. The van der Waals surface area contributed by atoms with E-state index < -0.39 is 0 Å². The predicted octanol–water partition coefficient (Wildman–Crippen LogP) is 3.45. The molecule has 160 valence electrons. The van der Waals surface area contributed by atoms with Crippen molar-refractivity contribution in [3.05, 3.63) is 58.6 Å². The van der Waals surface area contributed by atoms with Crippen LogP contribution in [0.25, 0.3) is 5.69 Å². The number of hydrogen-bond acceptors (Lipinski definition) is 5. The maximum absolute atomic E-state index is 14.4. The zero-order valence-electron chi connectivity index (χ0n) is 16.9. The summed E-state index contributed by atoms with van der Waals surface area (Å²) >= 11 is 1.37. The molecule has 2 amide bonds. The second-order valence-corrected chi connectivity index (χ2v) is 8.80. The molecule has 1 aliphatic carbocycles. The maximum atomic E-state index is 14.4. The first-order chi connectivity index (χ1) is 15.1. The lowest BCUT2D eigenvalue weighted by Gasteiger charge is -2.31. The highest BCUT2D eigenvalue weighted by Crippen LogP contribution is 2.30. The number of benzene rings is 1. The van der Waals surface area contributed by atoms with Gasteiger partial charge in [0.1, 0.15) is 11.5 Å². The van der Waals surface area contributed by atoms with Crippen LogP contribution in [0, 0.1) is 11.7 Å². The van der Waals surface area contributed by atoms with E-state index in [1.54, 1.807) is 39.4 Å². The largest absolute Gasteiger partial charge is 0.336 e. The summed E-state index contributed by atoms with van der Waals surface area (Å²) in [6.45, 7) is 0.929. The first kappa shape index (κ1) is 19.9. The molecule has 1 saturated heterocycles. The fourth-order valence-corrected chi connectivity index (χ4v) is 4.98. The van der Waals surface area contributed by atoms with E-state index in [9.17, 15) is 14.0 Å². The van der Waals surface area contributed by atoms with Gasteiger partial charge >= 0.3 is 0 Å². The standard InChI is InChI=1S/C22H22FN5O2S/c23-16-7-1-2-8-18(16)28-17-9-3-6-15(17)19(26-28)21(30)27-11-4-5-14(13-27)20(29)25-22-24-10-12-31-22/h1-2,7-8,10,12,14H,3-6,9,11,13H2,(H,24,25,29). The summed E-state index contributed by atoms with van der Waals surface area (Å²) < 4.78 is 16.0. The summed E-state index contributed by atoms with van der Waals surface area (Å²) in [5, 5.41) is 9.75. The quantitative estimate of drug-likeness (QED) is 0.675. The number of nitrogens with zero attached hydrogens (tertiary/aromatic N) is 4. The van der Waals surface area contributed by atoms with E-state index >= 15 is 0 Å². The Hall–Kier alpha value is -3.07. The fourth-order valence-electron chi connectivity index (χ4n) is 4.45. The number of amides is 2. The van der Waals surface area contributed by atoms with Crippen molar-refractivity contribution in [2.24, 2.45) is 5.92 Å². The molecule has 3 aromatic rings. The topological polar surface area (TPSA) is 80.1 Å². The van der Waals surface area contributed by atoms with Crippen LogP contribution in [0.1, 0.15) is 41.0 Å². The number of piperidine rings is 1. The third kappa shape index (κ3) is 3.74. The first-order valence-electron chi connectivity index (χ1n) is 10.5. The van der Waals surface area contributed by atoms with Crippen LogP contribution in [-0.4, -0.2) is 44.6 Å². The molecule has 0 spiro atoms. The number of carbonyl (C=O) groups excluding carboxylic acids is 2. The van der Waals surface area contributed by atoms with Crippen LogP contribution in [0.4, 0.5) is 9.52 Å². The van der Waals surface area contributed by atoms with Gasteiger partial charge in [0.25, 0.3) is 5.91 Å². The molecule has 2 aliphatic rings. The number of thiazole rings is 1. The molecule has 1 N–H and O–H groups in total. The van der Waals surface area contributed by atoms with Crippen molar-refractivity contribution >= 4 is 28.3 Å². The van der Waals surface area contributed by atoms with Gasteiger partial charge in [0.15, 0.2) is 10.8 Å². The van der Waals surface area contributed by atoms with Crippen molar-refractivity contribution < 1.29 is 14.0 Å². The molecule has 0 radical (unpaired) electrons. The Morgan fingerprint density at radius 2 is 2.06 bits per heavy atom. The predicted molar refractivity (Wildman–Crippen MR) is 115 cm³/mol. The molecule has 3 heterocycles. The highest BCUT2D eigenvalue weighted by Gasteiger charge is 2.34. The Labute approximate surface area is 182 Å². The second-order valence-electron chi connectivity index (χ2n) is 7.91. The number of carbonyl (C=O) groups is 2. The molecule has 1 unspecified atom stereocenters. The van der Waals surface area contributed by atoms with Crippen molar-refractivity contribution in [3.63, 3.8) is 0 Å². The lowest BCUT2D eigenvalue weighted by atomic mass is 9.96. The van der Waals surface area contributed by atoms with Crippen LogP contribution < -0.4 is 5.32 Å². The molecule has 2 aromatic heterocycles. The van der Waals surface area contributed by atoms with Crippen LogP contribution in [0.5, 0.6) is 0 Å². The smallest absolute Gasteiger partial charge is 0.274 e. The highest BCUT2D eigenvalue weighted by atomic mass is 32.1. The molecule has 5 rings (SSSR count). The number of aromatic nitrogens is 3. The molecule has 7 nitrogen and oxygen atoms in total. The fraction of sp³-hybridized carbons (Fsp3) is 0.364. The van der Waals surface area contributed by atoms with E-state index in [-0.39, 0.29) is 23.5 Å². The Kier molecular flexibility index (Phi) is 5.27. The number of nitrogens with one attached hydrogen (secondary N) is 1. The van der Waals surface area contributed by atoms with Gasteiger partial charge in [-0.25, -0.2) is 14.1 Å². The van der Waals surface area contributed by atoms with Crippen LogP contribution >= 0.6 is 11.3 Å².